The highest BCUT2D eigenvalue weighted by Crippen LogP contribution is 2.41. The second-order valence-electron chi connectivity index (χ2n) is 5.92. The van der Waals surface area contributed by atoms with Crippen LogP contribution < -0.4 is 0 Å². The van der Waals surface area contributed by atoms with Crippen molar-refractivity contribution in [1.29, 1.82) is 0 Å². The van der Waals surface area contributed by atoms with E-state index in [1.54, 1.807) is 0 Å². The van der Waals surface area contributed by atoms with Crippen LogP contribution >= 0.6 is 11.3 Å². The summed E-state index contributed by atoms with van der Waals surface area (Å²) >= 11 is 1.91. The van der Waals surface area contributed by atoms with Gasteiger partial charge in [0.15, 0.2) is 0 Å². The molecule has 1 aromatic rings. The summed E-state index contributed by atoms with van der Waals surface area (Å²) < 4.78 is 11.4. The van der Waals surface area contributed by atoms with Crippen LogP contribution in [0.15, 0.2) is 12.1 Å². The van der Waals surface area contributed by atoms with Gasteiger partial charge >= 0.3 is 0 Å². The van der Waals surface area contributed by atoms with Gasteiger partial charge in [-0.15, -0.1) is 11.3 Å². The van der Waals surface area contributed by atoms with E-state index in [0.717, 1.165) is 45.7 Å². The molecule has 0 aromatic carbocycles. The van der Waals surface area contributed by atoms with Crippen molar-refractivity contribution in [2.75, 3.05) is 33.4 Å². The van der Waals surface area contributed by atoms with Gasteiger partial charge in [0.25, 0.3) is 0 Å². The van der Waals surface area contributed by atoms with Crippen molar-refractivity contribution in [2.45, 2.75) is 32.4 Å². The average Bonchev–Trinajstić information content (AvgIpc) is 2.96. The Labute approximate surface area is 119 Å². The second-order valence-corrected chi connectivity index (χ2v) is 7.29. The molecule has 0 saturated carbocycles. The van der Waals surface area contributed by atoms with E-state index in [9.17, 15) is 0 Å². The van der Waals surface area contributed by atoms with Crippen LogP contribution in [0, 0.1) is 12.3 Å². The molecule has 19 heavy (non-hydrogen) atoms. The number of nitrogens with zero attached hydrogens (tertiary/aromatic N) is 1. The minimum atomic E-state index is 0.235. The van der Waals surface area contributed by atoms with Crippen LogP contribution in [0.25, 0.3) is 0 Å². The van der Waals surface area contributed by atoms with Crippen LogP contribution in [0.3, 0.4) is 0 Å². The molecular weight excluding hydrogens is 258 g/mol. The summed E-state index contributed by atoms with van der Waals surface area (Å²) in [6.45, 7) is 7.25. The zero-order chi connectivity index (χ0) is 13.3. The number of aryl methyl sites for hydroxylation is 1. The van der Waals surface area contributed by atoms with Gasteiger partial charge in [0.1, 0.15) is 0 Å². The number of hydrogen-bond acceptors (Lipinski definition) is 4. The Morgan fingerprint density at radius 2 is 2.42 bits per heavy atom. The summed E-state index contributed by atoms with van der Waals surface area (Å²) in [5, 5.41) is 0. The third kappa shape index (κ3) is 2.72. The van der Waals surface area contributed by atoms with E-state index in [1.165, 1.54) is 9.75 Å². The Morgan fingerprint density at radius 1 is 1.53 bits per heavy atom. The molecule has 4 heteroatoms. The molecule has 3 heterocycles. The van der Waals surface area contributed by atoms with Crippen molar-refractivity contribution in [3.63, 3.8) is 0 Å². The van der Waals surface area contributed by atoms with E-state index in [-0.39, 0.29) is 5.41 Å². The van der Waals surface area contributed by atoms with Crippen LogP contribution in [-0.2, 0) is 16.0 Å². The summed E-state index contributed by atoms with van der Waals surface area (Å²) in [5.74, 6) is 0. The molecular formula is C15H23NO2S. The Hall–Kier alpha value is -0.420. The van der Waals surface area contributed by atoms with Crippen molar-refractivity contribution in [3.05, 3.63) is 21.9 Å². The molecule has 0 radical (unpaired) electrons. The monoisotopic (exact) mass is 281 g/mol. The van der Waals surface area contributed by atoms with Gasteiger partial charge in [-0.2, -0.15) is 0 Å². The SMILES string of the molecule is COC[C@@]12CCO[C@@H]1CCN(Cc1ccc(C)s1)C2. The Balaban J connectivity index is 1.68. The molecule has 0 aliphatic carbocycles. The number of ether oxygens (including phenoxy) is 2. The fraction of sp³-hybridized carbons (Fsp3) is 0.733. The van der Waals surface area contributed by atoms with Crippen LogP contribution in [0.1, 0.15) is 22.6 Å². The highest BCUT2D eigenvalue weighted by molar-refractivity contribution is 7.11. The fourth-order valence-corrected chi connectivity index (χ4v) is 4.49. The number of hydrogen-bond donors (Lipinski definition) is 0. The minimum Gasteiger partial charge on any atom is -0.384 e. The van der Waals surface area contributed by atoms with Crippen molar-refractivity contribution >= 4 is 11.3 Å². The van der Waals surface area contributed by atoms with E-state index in [2.05, 4.69) is 24.0 Å². The Kier molecular flexibility index (Phi) is 3.94. The van der Waals surface area contributed by atoms with Gasteiger partial charge in [-0.3, -0.25) is 4.90 Å². The molecule has 2 saturated heterocycles. The number of fused-ring (bicyclic) bond motifs is 1. The molecule has 2 atom stereocenters. The maximum absolute atomic E-state index is 5.91. The quantitative estimate of drug-likeness (QED) is 0.847. The smallest absolute Gasteiger partial charge is 0.0678 e. The molecule has 2 aliphatic heterocycles. The highest BCUT2D eigenvalue weighted by Gasteiger charge is 2.47. The fourth-order valence-electron chi connectivity index (χ4n) is 3.56. The number of thiophene rings is 1. The molecule has 2 aliphatic rings. The lowest BCUT2D eigenvalue weighted by molar-refractivity contribution is -0.0555. The van der Waals surface area contributed by atoms with Gasteiger partial charge in [0.05, 0.1) is 12.7 Å². The van der Waals surface area contributed by atoms with Crippen molar-refractivity contribution in [1.82, 2.24) is 4.90 Å². The average molecular weight is 281 g/mol. The van der Waals surface area contributed by atoms with Gasteiger partial charge < -0.3 is 9.47 Å². The van der Waals surface area contributed by atoms with E-state index >= 15 is 0 Å². The lowest BCUT2D eigenvalue weighted by Crippen LogP contribution is -2.51. The van der Waals surface area contributed by atoms with Crippen molar-refractivity contribution in [3.8, 4) is 0 Å². The lowest BCUT2D eigenvalue weighted by atomic mass is 9.77. The first-order valence-electron chi connectivity index (χ1n) is 7.10. The summed E-state index contributed by atoms with van der Waals surface area (Å²) in [6.07, 6.45) is 2.70. The van der Waals surface area contributed by atoms with Gasteiger partial charge in [0.2, 0.25) is 0 Å². The molecule has 3 rings (SSSR count). The summed E-state index contributed by atoms with van der Waals surface area (Å²) in [6, 6.07) is 4.48. The minimum absolute atomic E-state index is 0.235. The van der Waals surface area contributed by atoms with Gasteiger partial charge in [-0.1, -0.05) is 0 Å². The maximum Gasteiger partial charge on any atom is 0.0678 e. The standard InChI is InChI=1S/C15H23NO2S/c1-12-3-4-13(19-12)9-16-7-5-14-15(10-16,11-17-2)6-8-18-14/h3-4,14H,5-11H2,1-2H3/t14-,15+/m1/s1. The first-order valence-corrected chi connectivity index (χ1v) is 7.92. The predicted octanol–water partition coefficient (Wildman–Crippen LogP) is 2.68. The summed E-state index contributed by atoms with van der Waals surface area (Å²) in [5.41, 5.74) is 0.235. The third-order valence-corrected chi connectivity index (χ3v) is 5.44. The molecule has 0 N–H and O–H groups in total. The zero-order valence-electron chi connectivity index (χ0n) is 11.9. The second kappa shape index (κ2) is 5.52. The van der Waals surface area contributed by atoms with E-state index in [1.807, 2.05) is 18.4 Å². The van der Waals surface area contributed by atoms with Crippen LogP contribution in [0.4, 0.5) is 0 Å². The summed E-state index contributed by atoms with van der Waals surface area (Å²) in [4.78, 5) is 5.46. The number of methoxy groups -OCH3 is 1. The van der Waals surface area contributed by atoms with Gasteiger partial charge in [-0.05, 0) is 31.9 Å². The number of likely N-dealkylation sites (tertiary alicyclic amines) is 1. The van der Waals surface area contributed by atoms with Crippen molar-refractivity contribution in [2.24, 2.45) is 5.41 Å². The molecule has 0 bridgehead atoms. The molecule has 0 unspecified atom stereocenters. The Bertz CT molecular complexity index is 434. The molecule has 0 amide bonds. The molecule has 1 aromatic heterocycles. The highest BCUT2D eigenvalue weighted by atomic mass is 32.1. The number of piperidine rings is 1. The maximum atomic E-state index is 5.91. The van der Waals surface area contributed by atoms with Gasteiger partial charge in [0, 0.05) is 48.5 Å². The normalized spacial score (nSPS) is 31.6. The first kappa shape index (κ1) is 13.6. The largest absolute Gasteiger partial charge is 0.384 e. The van der Waals surface area contributed by atoms with Gasteiger partial charge in [-0.25, -0.2) is 0 Å². The van der Waals surface area contributed by atoms with Crippen LogP contribution in [-0.4, -0.2) is 44.4 Å². The Morgan fingerprint density at radius 3 is 3.16 bits per heavy atom. The van der Waals surface area contributed by atoms with E-state index in [4.69, 9.17) is 9.47 Å². The van der Waals surface area contributed by atoms with E-state index < -0.39 is 0 Å². The lowest BCUT2D eigenvalue weighted by Gasteiger charge is -2.43. The molecule has 0 spiro atoms. The molecule has 3 nitrogen and oxygen atoms in total. The topological polar surface area (TPSA) is 21.7 Å². The predicted molar refractivity (Wildman–Crippen MR) is 77.6 cm³/mol. The van der Waals surface area contributed by atoms with Crippen LogP contribution in [0.5, 0.6) is 0 Å². The molecule has 106 valence electrons. The van der Waals surface area contributed by atoms with Crippen molar-refractivity contribution < 1.29 is 9.47 Å². The van der Waals surface area contributed by atoms with E-state index in [0.29, 0.717) is 6.10 Å². The van der Waals surface area contributed by atoms with Crippen LogP contribution in [0.2, 0.25) is 0 Å². The third-order valence-electron chi connectivity index (χ3n) is 4.46. The zero-order valence-corrected chi connectivity index (χ0v) is 12.7. The number of rotatable bonds is 4. The summed E-state index contributed by atoms with van der Waals surface area (Å²) in [7, 11) is 1.81. The first-order chi connectivity index (χ1) is 9.22. The molecule has 2 fully saturated rings.